The standard InChI is InChI=1S/C16H29N3O/c17-8-9-19-12-14(5-4-10-20)11-16(13-19)18-15-6-2-1-3-7-15/h14-16,18,20H,1-7,9-13H2. The fourth-order valence-corrected chi connectivity index (χ4v) is 3.84. The SMILES string of the molecule is N#CCN1CC(CCCO)CC(NC2CCCCC2)C1. The maximum atomic E-state index is 9.01. The van der Waals surface area contributed by atoms with Gasteiger partial charge in [-0.15, -0.1) is 0 Å². The molecular formula is C16H29N3O. The first-order valence-corrected chi connectivity index (χ1v) is 8.28. The number of nitrogens with zero attached hydrogens (tertiary/aromatic N) is 2. The summed E-state index contributed by atoms with van der Waals surface area (Å²) in [6.07, 6.45) is 9.93. The molecule has 2 atom stereocenters. The zero-order valence-electron chi connectivity index (χ0n) is 12.6. The lowest BCUT2D eigenvalue weighted by Gasteiger charge is -2.39. The van der Waals surface area contributed by atoms with Crippen LogP contribution in [0.1, 0.15) is 51.4 Å². The minimum atomic E-state index is 0.287. The molecule has 1 saturated carbocycles. The molecule has 2 rings (SSSR count). The highest BCUT2D eigenvalue weighted by Gasteiger charge is 2.28. The third-order valence-electron chi connectivity index (χ3n) is 4.75. The molecule has 0 bridgehead atoms. The van der Waals surface area contributed by atoms with Crippen LogP contribution in [0.25, 0.3) is 0 Å². The van der Waals surface area contributed by atoms with Crippen molar-refractivity contribution in [1.82, 2.24) is 10.2 Å². The van der Waals surface area contributed by atoms with Crippen molar-refractivity contribution < 1.29 is 5.11 Å². The molecule has 4 nitrogen and oxygen atoms in total. The summed E-state index contributed by atoms with van der Waals surface area (Å²) in [6, 6.07) is 3.51. The van der Waals surface area contributed by atoms with E-state index in [-0.39, 0.29) is 6.61 Å². The number of nitrogens with one attached hydrogen (secondary N) is 1. The highest BCUT2D eigenvalue weighted by atomic mass is 16.2. The Morgan fingerprint density at radius 1 is 1.15 bits per heavy atom. The van der Waals surface area contributed by atoms with Crippen LogP contribution in [0.3, 0.4) is 0 Å². The number of aliphatic hydroxyl groups excluding tert-OH is 1. The number of nitriles is 1. The average molecular weight is 279 g/mol. The molecule has 0 aromatic heterocycles. The van der Waals surface area contributed by atoms with Crippen LogP contribution in [-0.2, 0) is 0 Å². The van der Waals surface area contributed by atoms with Gasteiger partial charge in [0.25, 0.3) is 0 Å². The summed E-state index contributed by atoms with van der Waals surface area (Å²) in [5.41, 5.74) is 0. The van der Waals surface area contributed by atoms with Crippen LogP contribution in [0.5, 0.6) is 0 Å². The predicted octanol–water partition coefficient (Wildman–Crippen LogP) is 1.90. The smallest absolute Gasteiger partial charge is 0.0866 e. The molecular weight excluding hydrogens is 250 g/mol. The van der Waals surface area contributed by atoms with E-state index >= 15 is 0 Å². The summed E-state index contributed by atoms with van der Waals surface area (Å²) in [5.74, 6) is 0.630. The van der Waals surface area contributed by atoms with Crippen molar-refractivity contribution in [2.75, 3.05) is 26.2 Å². The Hall–Kier alpha value is -0.630. The molecule has 1 aliphatic carbocycles. The summed E-state index contributed by atoms with van der Waals surface area (Å²) in [4.78, 5) is 2.28. The van der Waals surface area contributed by atoms with Crippen molar-refractivity contribution in [2.45, 2.75) is 63.5 Å². The van der Waals surface area contributed by atoms with Gasteiger partial charge in [0.05, 0.1) is 12.6 Å². The number of aliphatic hydroxyl groups is 1. The van der Waals surface area contributed by atoms with E-state index in [9.17, 15) is 0 Å². The summed E-state index contributed by atoms with van der Waals surface area (Å²) in [5, 5.41) is 21.8. The van der Waals surface area contributed by atoms with Crippen LogP contribution in [0, 0.1) is 17.2 Å². The van der Waals surface area contributed by atoms with Crippen molar-refractivity contribution in [3.63, 3.8) is 0 Å². The van der Waals surface area contributed by atoms with Crippen LogP contribution in [-0.4, -0.2) is 48.3 Å². The Bertz CT molecular complexity index is 309. The summed E-state index contributed by atoms with van der Waals surface area (Å²) in [7, 11) is 0. The van der Waals surface area contributed by atoms with Crippen molar-refractivity contribution >= 4 is 0 Å². The summed E-state index contributed by atoms with van der Waals surface area (Å²) >= 11 is 0. The van der Waals surface area contributed by atoms with Gasteiger partial charge in [0.2, 0.25) is 0 Å². The summed E-state index contributed by atoms with van der Waals surface area (Å²) < 4.78 is 0. The molecule has 2 fully saturated rings. The van der Waals surface area contributed by atoms with E-state index in [0.29, 0.717) is 24.5 Å². The number of hydrogen-bond donors (Lipinski definition) is 2. The number of likely N-dealkylation sites (tertiary alicyclic amines) is 1. The van der Waals surface area contributed by atoms with E-state index in [1.165, 1.54) is 38.5 Å². The van der Waals surface area contributed by atoms with Gasteiger partial charge >= 0.3 is 0 Å². The molecule has 0 aromatic rings. The van der Waals surface area contributed by atoms with E-state index in [1.54, 1.807) is 0 Å². The van der Waals surface area contributed by atoms with Crippen LogP contribution in [0.2, 0.25) is 0 Å². The Labute approximate surface area is 123 Å². The van der Waals surface area contributed by atoms with E-state index in [2.05, 4.69) is 16.3 Å². The molecule has 20 heavy (non-hydrogen) atoms. The zero-order valence-corrected chi connectivity index (χ0v) is 12.6. The second kappa shape index (κ2) is 8.61. The topological polar surface area (TPSA) is 59.3 Å². The lowest BCUT2D eigenvalue weighted by Crippen LogP contribution is -2.52. The molecule has 2 aliphatic rings. The van der Waals surface area contributed by atoms with E-state index in [4.69, 9.17) is 10.4 Å². The van der Waals surface area contributed by atoms with Gasteiger partial charge in [0.1, 0.15) is 0 Å². The fourth-order valence-electron chi connectivity index (χ4n) is 3.84. The average Bonchev–Trinajstić information content (AvgIpc) is 2.46. The molecule has 1 heterocycles. The van der Waals surface area contributed by atoms with Crippen LogP contribution in [0.15, 0.2) is 0 Å². The quantitative estimate of drug-likeness (QED) is 0.729. The van der Waals surface area contributed by atoms with E-state index < -0.39 is 0 Å². The largest absolute Gasteiger partial charge is 0.396 e. The Morgan fingerprint density at radius 2 is 1.95 bits per heavy atom. The highest BCUT2D eigenvalue weighted by molar-refractivity contribution is 4.89. The van der Waals surface area contributed by atoms with Crippen molar-refractivity contribution in [1.29, 1.82) is 5.26 Å². The molecule has 4 heteroatoms. The van der Waals surface area contributed by atoms with Gasteiger partial charge < -0.3 is 10.4 Å². The highest BCUT2D eigenvalue weighted by Crippen LogP contribution is 2.24. The van der Waals surface area contributed by atoms with Gasteiger partial charge in [-0.25, -0.2) is 0 Å². The van der Waals surface area contributed by atoms with Crippen LogP contribution >= 0.6 is 0 Å². The molecule has 1 saturated heterocycles. The third kappa shape index (κ3) is 5.05. The van der Waals surface area contributed by atoms with Crippen molar-refractivity contribution in [3.8, 4) is 6.07 Å². The zero-order chi connectivity index (χ0) is 14.2. The van der Waals surface area contributed by atoms with E-state index in [1.807, 2.05) is 0 Å². The van der Waals surface area contributed by atoms with Gasteiger partial charge in [0.15, 0.2) is 0 Å². The molecule has 114 valence electrons. The number of piperidine rings is 1. The Morgan fingerprint density at radius 3 is 2.65 bits per heavy atom. The van der Waals surface area contributed by atoms with Crippen LogP contribution < -0.4 is 5.32 Å². The minimum Gasteiger partial charge on any atom is -0.396 e. The number of hydrogen-bond acceptors (Lipinski definition) is 4. The minimum absolute atomic E-state index is 0.287. The van der Waals surface area contributed by atoms with Crippen LogP contribution in [0.4, 0.5) is 0 Å². The second-order valence-corrected chi connectivity index (χ2v) is 6.52. The molecule has 2 unspecified atom stereocenters. The van der Waals surface area contributed by atoms with E-state index in [0.717, 1.165) is 25.9 Å². The van der Waals surface area contributed by atoms with Gasteiger partial charge in [-0.05, 0) is 38.0 Å². The second-order valence-electron chi connectivity index (χ2n) is 6.52. The third-order valence-corrected chi connectivity index (χ3v) is 4.75. The van der Waals surface area contributed by atoms with Gasteiger partial charge in [-0.3, -0.25) is 4.90 Å². The van der Waals surface area contributed by atoms with Gasteiger partial charge in [-0.1, -0.05) is 19.3 Å². The first kappa shape index (κ1) is 15.8. The first-order valence-electron chi connectivity index (χ1n) is 8.28. The molecule has 0 spiro atoms. The van der Waals surface area contributed by atoms with Crippen molar-refractivity contribution in [3.05, 3.63) is 0 Å². The Kier molecular flexibility index (Phi) is 6.78. The maximum Gasteiger partial charge on any atom is 0.0866 e. The maximum absolute atomic E-state index is 9.01. The monoisotopic (exact) mass is 279 g/mol. The fraction of sp³-hybridized carbons (Fsp3) is 0.938. The predicted molar refractivity (Wildman–Crippen MR) is 80.3 cm³/mol. The normalized spacial score (nSPS) is 29.2. The Balaban J connectivity index is 1.83. The molecule has 1 aliphatic heterocycles. The number of rotatable bonds is 6. The molecule has 0 aromatic carbocycles. The lowest BCUT2D eigenvalue weighted by atomic mass is 9.88. The lowest BCUT2D eigenvalue weighted by molar-refractivity contribution is 0.132. The van der Waals surface area contributed by atoms with Gasteiger partial charge in [-0.2, -0.15) is 5.26 Å². The molecule has 0 amide bonds. The molecule has 2 N–H and O–H groups in total. The van der Waals surface area contributed by atoms with Gasteiger partial charge in [0, 0.05) is 31.8 Å². The first-order chi connectivity index (χ1) is 9.81. The summed E-state index contributed by atoms with van der Waals surface area (Å²) in [6.45, 7) is 2.87. The molecule has 0 radical (unpaired) electrons. The van der Waals surface area contributed by atoms with Crippen molar-refractivity contribution in [2.24, 2.45) is 5.92 Å².